The average molecular weight is 297 g/mol. The second-order valence-electron chi connectivity index (χ2n) is 5.66. The summed E-state index contributed by atoms with van der Waals surface area (Å²) in [6, 6.07) is 6.77. The fourth-order valence-corrected chi connectivity index (χ4v) is 3.28. The van der Waals surface area contributed by atoms with Gasteiger partial charge in [0.15, 0.2) is 0 Å². The zero-order chi connectivity index (χ0) is 14.7. The van der Waals surface area contributed by atoms with Gasteiger partial charge < -0.3 is 10.5 Å². The summed E-state index contributed by atoms with van der Waals surface area (Å²) in [4.78, 5) is 2.50. The van der Waals surface area contributed by atoms with Crippen molar-refractivity contribution in [3.63, 3.8) is 0 Å². The van der Waals surface area contributed by atoms with Crippen LogP contribution in [0.15, 0.2) is 18.2 Å². The van der Waals surface area contributed by atoms with Crippen LogP contribution in [0.3, 0.4) is 0 Å². The second-order valence-corrected chi connectivity index (χ2v) is 6.09. The molecule has 1 fully saturated rings. The predicted molar refractivity (Wildman–Crippen MR) is 84.2 cm³/mol. The molecule has 2 rings (SSSR count). The largest absolute Gasteiger partial charge is 0.376 e. The quantitative estimate of drug-likeness (QED) is 0.927. The minimum Gasteiger partial charge on any atom is -0.376 e. The van der Waals surface area contributed by atoms with E-state index in [1.165, 1.54) is 11.1 Å². The van der Waals surface area contributed by atoms with Gasteiger partial charge in [-0.25, -0.2) is 0 Å². The zero-order valence-electron chi connectivity index (χ0n) is 12.6. The van der Waals surface area contributed by atoms with Crippen LogP contribution in [0, 0.1) is 6.92 Å². The van der Waals surface area contributed by atoms with Crippen molar-refractivity contribution in [3.05, 3.63) is 34.3 Å². The maximum Gasteiger partial charge on any atom is 0.0675 e. The van der Waals surface area contributed by atoms with Crippen LogP contribution in [0.4, 0.5) is 0 Å². The van der Waals surface area contributed by atoms with E-state index >= 15 is 0 Å². The van der Waals surface area contributed by atoms with E-state index in [1.807, 2.05) is 12.1 Å². The van der Waals surface area contributed by atoms with Crippen molar-refractivity contribution in [1.82, 2.24) is 4.90 Å². The lowest BCUT2D eigenvalue weighted by Crippen LogP contribution is -2.51. The van der Waals surface area contributed by atoms with E-state index in [0.717, 1.165) is 24.6 Å². The number of nitrogens with two attached hydrogens (primary N) is 1. The molecular weight excluding hydrogens is 272 g/mol. The van der Waals surface area contributed by atoms with Crippen LogP contribution in [0.2, 0.25) is 5.02 Å². The smallest absolute Gasteiger partial charge is 0.0675 e. The topological polar surface area (TPSA) is 38.5 Å². The summed E-state index contributed by atoms with van der Waals surface area (Å²) in [5.41, 5.74) is 8.58. The van der Waals surface area contributed by atoms with Gasteiger partial charge in [0.1, 0.15) is 0 Å². The standard InChI is InChI=1S/C16H25ClN2O/c1-4-14-10-20-12(3)9-19(14)16(8-18)15-6-5-13(17)7-11(15)2/h5-7,12,14,16H,4,8-10,18H2,1-3H3. The third-order valence-electron chi connectivity index (χ3n) is 4.20. The lowest BCUT2D eigenvalue weighted by Gasteiger charge is -2.43. The van der Waals surface area contributed by atoms with Crippen LogP contribution in [0.1, 0.15) is 37.4 Å². The van der Waals surface area contributed by atoms with E-state index in [2.05, 4.69) is 31.7 Å². The summed E-state index contributed by atoms with van der Waals surface area (Å²) < 4.78 is 5.79. The Balaban J connectivity index is 2.29. The minimum atomic E-state index is 0.239. The van der Waals surface area contributed by atoms with E-state index in [9.17, 15) is 0 Å². The van der Waals surface area contributed by atoms with Gasteiger partial charge >= 0.3 is 0 Å². The first-order valence-electron chi connectivity index (χ1n) is 7.40. The van der Waals surface area contributed by atoms with Crippen molar-refractivity contribution in [2.45, 2.75) is 45.4 Å². The van der Waals surface area contributed by atoms with Crippen molar-refractivity contribution >= 4 is 11.6 Å². The highest BCUT2D eigenvalue weighted by Gasteiger charge is 2.31. The molecule has 112 valence electrons. The molecule has 1 aromatic carbocycles. The highest BCUT2D eigenvalue weighted by Crippen LogP contribution is 2.30. The van der Waals surface area contributed by atoms with Gasteiger partial charge in [0.2, 0.25) is 0 Å². The Kier molecular flexibility index (Phi) is 5.44. The Morgan fingerprint density at radius 1 is 1.50 bits per heavy atom. The van der Waals surface area contributed by atoms with Gasteiger partial charge in [-0.1, -0.05) is 24.6 Å². The third-order valence-corrected chi connectivity index (χ3v) is 4.43. The molecule has 0 saturated carbocycles. The second kappa shape index (κ2) is 6.90. The van der Waals surface area contributed by atoms with Gasteiger partial charge in [-0.05, 0) is 43.5 Å². The number of ether oxygens (including phenoxy) is 1. The van der Waals surface area contributed by atoms with Crippen LogP contribution in [0.5, 0.6) is 0 Å². The molecular formula is C16H25ClN2O. The maximum absolute atomic E-state index is 6.09. The number of morpholine rings is 1. The molecule has 1 aromatic rings. The summed E-state index contributed by atoms with van der Waals surface area (Å²) in [5.74, 6) is 0. The summed E-state index contributed by atoms with van der Waals surface area (Å²) in [6.07, 6.45) is 1.34. The van der Waals surface area contributed by atoms with E-state index in [-0.39, 0.29) is 12.1 Å². The fraction of sp³-hybridized carbons (Fsp3) is 0.625. The maximum atomic E-state index is 6.09. The number of aryl methyl sites for hydroxylation is 1. The molecule has 3 unspecified atom stereocenters. The molecule has 3 nitrogen and oxygen atoms in total. The first-order chi connectivity index (χ1) is 9.56. The summed E-state index contributed by atoms with van der Waals surface area (Å²) in [5, 5.41) is 0.782. The fourth-order valence-electron chi connectivity index (χ4n) is 3.06. The van der Waals surface area contributed by atoms with Crippen molar-refractivity contribution in [2.24, 2.45) is 5.73 Å². The third kappa shape index (κ3) is 3.34. The number of benzene rings is 1. The lowest BCUT2D eigenvalue weighted by molar-refractivity contribution is -0.0720. The molecule has 0 spiro atoms. The van der Waals surface area contributed by atoms with Crippen molar-refractivity contribution in [2.75, 3.05) is 19.7 Å². The molecule has 0 radical (unpaired) electrons. The van der Waals surface area contributed by atoms with Crippen molar-refractivity contribution < 1.29 is 4.74 Å². The molecule has 2 N–H and O–H groups in total. The number of hydrogen-bond donors (Lipinski definition) is 1. The van der Waals surface area contributed by atoms with E-state index in [1.54, 1.807) is 0 Å². The molecule has 1 heterocycles. The number of halogens is 1. The van der Waals surface area contributed by atoms with E-state index in [4.69, 9.17) is 22.1 Å². The molecule has 0 aromatic heterocycles. The SMILES string of the molecule is CCC1COC(C)CN1C(CN)c1ccc(Cl)cc1C. The van der Waals surface area contributed by atoms with Crippen molar-refractivity contribution in [3.8, 4) is 0 Å². The van der Waals surface area contributed by atoms with Crippen LogP contribution in [0.25, 0.3) is 0 Å². The van der Waals surface area contributed by atoms with Gasteiger partial charge in [0.25, 0.3) is 0 Å². The first-order valence-corrected chi connectivity index (χ1v) is 7.78. The molecule has 4 heteroatoms. The van der Waals surface area contributed by atoms with Gasteiger partial charge in [-0.3, -0.25) is 4.90 Å². The normalized spacial score (nSPS) is 25.6. The number of nitrogens with zero attached hydrogens (tertiary/aromatic N) is 1. The van der Waals surface area contributed by atoms with Gasteiger partial charge in [-0.15, -0.1) is 0 Å². The Hall–Kier alpha value is -0.610. The van der Waals surface area contributed by atoms with Gasteiger partial charge in [0, 0.05) is 30.2 Å². The predicted octanol–water partition coefficient (Wildman–Crippen LogP) is 3.15. The van der Waals surface area contributed by atoms with Crippen molar-refractivity contribution in [1.29, 1.82) is 0 Å². The Morgan fingerprint density at radius 2 is 2.25 bits per heavy atom. The van der Waals surface area contributed by atoms with E-state index in [0.29, 0.717) is 12.6 Å². The van der Waals surface area contributed by atoms with Crippen LogP contribution >= 0.6 is 11.6 Å². The molecule has 20 heavy (non-hydrogen) atoms. The minimum absolute atomic E-state index is 0.239. The highest BCUT2D eigenvalue weighted by molar-refractivity contribution is 6.30. The first kappa shape index (κ1) is 15.8. The van der Waals surface area contributed by atoms with Crippen LogP contribution in [-0.4, -0.2) is 36.7 Å². The lowest BCUT2D eigenvalue weighted by atomic mass is 9.97. The number of hydrogen-bond acceptors (Lipinski definition) is 3. The Labute approximate surface area is 127 Å². The molecule has 3 atom stereocenters. The molecule has 1 aliphatic rings. The van der Waals surface area contributed by atoms with Gasteiger partial charge in [0.05, 0.1) is 12.7 Å². The molecule has 1 saturated heterocycles. The van der Waals surface area contributed by atoms with E-state index < -0.39 is 0 Å². The summed E-state index contributed by atoms with van der Waals surface area (Å²) in [6.45, 7) is 8.78. The Morgan fingerprint density at radius 3 is 2.85 bits per heavy atom. The average Bonchev–Trinajstić information content (AvgIpc) is 2.42. The highest BCUT2D eigenvalue weighted by atomic mass is 35.5. The molecule has 1 aliphatic heterocycles. The number of rotatable bonds is 4. The van der Waals surface area contributed by atoms with Crippen LogP contribution < -0.4 is 5.73 Å². The van der Waals surface area contributed by atoms with Gasteiger partial charge in [-0.2, -0.15) is 0 Å². The van der Waals surface area contributed by atoms with Crippen LogP contribution in [-0.2, 0) is 4.74 Å². The molecule has 0 amide bonds. The monoisotopic (exact) mass is 296 g/mol. The summed E-state index contributed by atoms with van der Waals surface area (Å²) in [7, 11) is 0. The molecule has 0 bridgehead atoms. The summed E-state index contributed by atoms with van der Waals surface area (Å²) >= 11 is 6.06. The zero-order valence-corrected chi connectivity index (χ0v) is 13.4. The Bertz CT molecular complexity index is 452. The molecule has 0 aliphatic carbocycles.